The number of thiophene rings is 1. The lowest BCUT2D eigenvalue weighted by Gasteiger charge is -1.96. The van der Waals surface area contributed by atoms with Gasteiger partial charge in [0, 0.05) is 12.8 Å². The first-order valence-electron chi connectivity index (χ1n) is 4.56. The minimum atomic E-state index is 0.0754. The molecular weight excluding hydrogens is 232 g/mol. The number of carbonyl (C=O) groups excluding carboxylic acids is 1. The first kappa shape index (κ1) is 10.5. The Morgan fingerprint density at radius 1 is 1.47 bits per heavy atom. The third-order valence-corrected chi connectivity index (χ3v) is 3.43. The van der Waals surface area contributed by atoms with Crippen LogP contribution >= 0.6 is 22.9 Å². The highest BCUT2D eigenvalue weighted by Gasteiger charge is 2.12. The lowest BCUT2D eigenvalue weighted by molar-refractivity contribution is 0.0985. The van der Waals surface area contributed by atoms with Crippen LogP contribution < -0.4 is 0 Å². The number of halogens is 1. The van der Waals surface area contributed by atoms with E-state index >= 15 is 0 Å². The van der Waals surface area contributed by atoms with Crippen molar-refractivity contribution < 1.29 is 9.21 Å². The fourth-order valence-electron chi connectivity index (χ4n) is 1.30. The van der Waals surface area contributed by atoms with E-state index in [2.05, 4.69) is 0 Å². The van der Waals surface area contributed by atoms with Crippen LogP contribution in [0.2, 0.25) is 5.02 Å². The SMILES string of the molecule is O=C(CCc1ccco1)c1sccc1Cl. The molecule has 0 unspecified atom stereocenters. The standard InChI is InChI=1S/C11H9ClO2S/c12-9-5-7-15-11(9)10(13)4-3-8-2-1-6-14-8/h1-2,5-7H,3-4H2. The zero-order valence-corrected chi connectivity index (χ0v) is 9.48. The third-order valence-electron chi connectivity index (χ3n) is 2.05. The molecule has 78 valence electrons. The summed E-state index contributed by atoms with van der Waals surface area (Å²) in [5.74, 6) is 0.905. The van der Waals surface area contributed by atoms with E-state index in [-0.39, 0.29) is 5.78 Å². The van der Waals surface area contributed by atoms with Crippen LogP contribution in [0.3, 0.4) is 0 Å². The summed E-state index contributed by atoms with van der Waals surface area (Å²) in [5.41, 5.74) is 0. The molecule has 2 heterocycles. The summed E-state index contributed by atoms with van der Waals surface area (Å²) in [6.45, 7) is 0. The first-order valence-corrected chi connectivity index (χ1v) is 5.81. The topological polar surface area (TPSA) is 30.2 Å². The summed E-state index contributed by atoms with van der Waals surface area (Å²) in [4.78, 5) is 12.3. The zero-order chi connectivity index (χ0) is 10.7. The Morgan fingerprint density at radius 3 is 2.93 bits per heavy atom. The maximum Gasteiger partial charge on any atom is 0.174 e. The van der Waals surface area contributed by atoms with E-state index in [4.69, 9.17) is 16.0 Å². The molecule has 4 heteroatoms. The van der Waals surface area contributed by atoms with Crippen molar-refractivity contribution in [2.45, 2.75) is 12.8 Å². The third kappa shape index (κ3) is 2.49. The molecule has 0 aromatic carbocycles. The van der Waals surface area contributed by atoms with E-state index in [0.717, 1.165) is 5.76 Å². The van der Waals surface area contributed by atoms with Crippen LogP contribution in [0.5, 0.6) is 0 Å². The summed E-state index contributed by atoms with van der Waals surface area (Å²) < 4.78 is 5.15. The molecule has 2 rings (SSSR count). The fraction of sp³-hybridized carbons (Fsp3) is 0.182. The van der Waals surface area contributed by atoms with Gasteiger partial charge in [-0.3, -0.25) is 4.79 Å². The van der Waals surface area contributed by atoms with Gasteiger partial charge in [0.05, 0.1) is 16.2 Å². The number of hydrogen-bond donors (Lipinski definition) is 0. The first-order chi connectivity index (χ1) is 7.27. The smallest absolute Gasteiger partial charge is 0.174 e. The molecule has 0 radical (unpaired) electrons. The summed E-state index contributed by atoms with van der Waals surface area (Å²) in [6, 6.07) is 5.42. The molecule has 0 N–H and O–H groups in total. The molecule has 0 fully saturated rings. The van der Waals surface area contributed by atoms with E-state index in [1.165, 1.54) is 11.3 Å². The molecular formula is C11H9ClO2S. The predicted molar refractivity (Wildman–Crippen MR) is 60.7 cm³/mol. The van der Waals surface area contributed by atoms with Crippen molar-refractivity contribution in [1.29, 1.82) is 0 Å². The molecule has 0 spiro atoms. The predicted octanol–water partition coefficient (Wildman–Crippen LogP) is 3.81. The molecule has 0 bridgehead atoms. The van der Waals surface area contributed by atoms with Gasteiger partial charge in [-0.25, -0.2) is 0 Å². The largest absolute Gasteiger partial charge is 0.469 e. The average molecular weight is 241 g/mol. The summed E-state index contributed by atoms with van der Waals surface area (Å²) in [7, 11) is 0. The number of hydrogen-bond acceptors (Lipinski definition) is 3. The minimum Gasteiger partial charge on any atom is -0.469 e. The number of ketones is 1. The van der Waals surface area contributed by atoms with Crippen LogP contribution in [0, 0.1) is 0 Å². The van der Waals surface area contributed by atoms with Crippen molar-refractivity contribution in [3.63, 3.8) is 0 Å². The minimum absolute atomic E-state index is 0.0754. The van der Waals surface area contributed by atoms with Gasteiger partial charge >= 0.3 is 0 Å². The Labute approximate surface area is 96.5 Å². The molecule has 2 nitrogen and oxygen atoms in total. The second kappa shape index (κ2) is 4.64. The van der Waals surface area contributed by atoms with Gasteiger partial charge < -0.3 is 4.42 Å². The van der Waals surface area contributed by atoms with Gasteiger partial charge in [-0.05, 0) is 23.6 Å². The van der Waals surface area contributed by atoms with Crippen molar-refractivity contribution in [2.24, 2.45) is 0 Å². The summed E-state index contributed by atoms with van der Waals surface area (Å²) in [6.07, 6.45) is 2.67. The summed E-state index contributed by atoms with van der Waals surface area (Å²) in [5, 5.41) is 2.37. The molecule has 2 aromatic heterocycles. The Hall–Kier alpha value is -1.06. The monoisotopic (exact) mass is 240 g/mol. The second-order valence-electron chi connectivity index (χ2n) is 3.10. The van der Waals surface area contributed by atoms with Gasteiger partial charge in [0.2, 0.25) is 0 Å². The van der Waals surface area contributed by atoms with Crippen molar-refractivity contribution >= 4 is 28.7 Å². The Balaban J connectivity index is 1.96. The maximum absolute atomic E-state index is 11.7. The highest BCUT2D eigenvalue weighted by Crippen LogP contribution is 2.23. The molecule has 0 atom stereocenters. The molecule has 0 aliphatic rings. The Kier molecular flexibility index (Phi) is 3.23. The van der Waals surface area contributed by atoms with Crippen molar-refractivity contribution in [3.05, 3.63) is 45.5 Å². The number of Topliss-reactive ketones (excluding diaryl/α,β-unsaturated/α-hetero) is 1. The van der Waals surface area contributed by atoms with Gasteiger partial charge in [0.25, 0.3) is 0 Å². The number of carbonyl (C=O) groups is 1. The van der Waals surface area contributed by atoms with Crippen LogP contribution in [0.1, 0.15) is 21.9 Å². The molecule has 15 heavy (non-hydrogen) atoms. The van der Waals surface area contributed by atoms with Gasteiger partial charge in [0.1, 0.15) is 5.76 Å². The van der Waals surface area contributed by atoms with Gasteiger partial charge in [-0.1, -0.05) is 11.6 Å². The van der Waals surface area contributed by atoms with Crippen LogP contribution in [0.25, 0.3) is 0 Å². The molecule has 0 aliphatic carbocycles. The van der Waals surface area contributed by atoms with Crippen molar-refractivity contribution in [3.8, 4) is 0 Å². The lowest BCUT2D eigenvalue weighted by atomic mass is 10.1. The van der Waals surface area contributed by atoms with E-state index in [1.807, 2.05) is 17.5 Å². The molecule has 0 amide bonds. The van der Waals surface area contributed by atoms with Gasteiger partial charge in [0.15, 0.2) is 5.78 Å². The molecule has 0 saturated carbocycles. The van der Waals surface area contributed by atoms with Crippen LogP contribution in [-0.2, 0) is 6.42 Å². The highest BCUT2D eigenvalue weighted by molar-refractivity contribution is 7.12. The summed E-state index contributed by atoms with van der Waals surface area (Å²) >= 11 is 7.24. The van der Waals surface area contributed by atoms with Gasteiger partial charge in [-0.2, -0.15) is 0 Å². The maximum atomic E-state index is 11.7. The van der Waals surface area contributed by atoms with E-state index < -0.39 is 0 Å². The quantitative estimate of drug-likeness (QED) is 0.761. The van der Waals surface area contributed by atoms with Crippen LogP contribution in [0.4, 0.5) is 0 Å². The number of furan rings is 1. The highest BCUT2D eigenvalue weighted by atomic mass is 35.5. The van der Waals surface area contributed by atoms with E-state index in [9.17, 15) is 4.79 Å². The van der Waals surface area contributed by atoms with Gasteiger partial charge in [-0.15, -0.1) is 11.3 Å². The molecule has 2 aromatic rings. The Bertz CT molecular complexity index is 445. The number of aryl methyl sites for hydroxylation is 1. The van der Waals surface area contributed by atoms with E-state index in [1.54, 1.807) is 12.3 Å². The van der Waals surface area contributed by atoms with Crippen LogP contribution in [-0.4, -0.2) is 5.78 Å². The number of rotatable bonds is 4. The Morgan fingerprint density at radius 2 is 2.33 bits per heavy atom. The van der Waals surface area contributed by atoms with Crippen molar-refractivity contribution in [1.82, 2.24) is 0 Å². The normalized spacial score (nSPS) is 10.5. The second-order valence-corrected chi connectivity index (χ2v) is 4.42. The molecule has 0 aliphatic heterocycles. The van der Waals surface area contributed by atoms with Crippen LogP contribution in [0.15, 0.2) is 34.3 Å². The van der Waals surface area contributed by atoms with Crippen molar-refractivity contribution in [2.75, 3.05) is 0 Å². The average Bonchev–Trinajstić information content (AvgIpc) is 2.84. The zero-order valence-electron chi connectivity index (χ0n) is 7.90. The van der Waals surface area contributed by atoms with E-state index in [0.29, 0.717) is 22.7 Å². The lowest BCUT2D eigenvalue weighted by Crippen LogP contribution is -1.98. The molecule has 0 saturated heterocycles. The fourth-order valence-corrected chi connectivity index (χ4v) is 2.43.